The molecule has 144 valence electrons. The molecule has 0 unspecified atom stereocenters. The fourth-order valence-corrected chi connectivity index (χ4v) is 4.46. The predicted molar refractivity (Wildman–Crippen MR) is 115 cm³/mol. The number of nitrogens with one attached hydrogen (secondary N) is 1. The summed E-state index contributed by atoms with van der Waals surface area (Å²) in [6.45, 7) is 1.86. The molecule has 1 amide bonds. The fourth-order valence-electron chi connectivity index (χ4n) is 3.24. The van der Waals surface area contributed by atoms with Crippen LogP contribution in [0.25, 0.3) is 0 Å². The van der Waals surface area contributed by atoms with E-state index in [1.165, 1.54) is 11.3 Å². The Balaban J connectivity index is 1.48. The molecule has 0 bridgehead atoms. The summed E-state index contributed by atoms with van der Waals surface area (Å²) in [4.78, 5) is 24.7. The average molecular weight is 433 g/mol. The molecule has 4 rings (SSSR count). The number of nitrogens with zero attached hydrogens (tertiary/aromatic N) is 3. The molecule has 1 aliphatic heterocycles. The van der Waals surface area contributed by atoms with Crippen molar-refractivity contribution in [3.8, 4) is 0 Å². The Hall–Kier alpha value is -2.15. The zero-order chi connectivity index (χ0) is 19.5. The Morgan fingerprint density at radius 3 is 2.79 bits per heavy atom. The van der Waals surface area contributed by atoms with E-state index < -0.39 is 0 Å². The van der Waals surface area contributed by atoms with Gasteiger partial charge in [0.1, 0.15) is 5.82 Å². The topological polar surface area (TPSA) is 58.1 Å². The molecule has 1 fully saturated rings. The monoisotopic (exact) mass is 432 g/mol. The number of thiazole rings is 1. The predicted octanol–water partition coefficient (Wildman–Crippen LogP) is 5.29. The molecule has 0 spiro atoms. The molecule has 1 N–H and O–H groups in total. The minimum Gasteiger partial charge on any atom is -0.356 e. The normalized spacial score (nSPS) is 13.7. The first-order chi connectivity index (χ1) is 13.6. The summed E-state index contributed by atoms with van der Waals surface area (Å²) in [5.41, 5.74) is 1.50. The van der Waals surface area contributed by atoms with E-state index in [0.717, 1.165) is 42.2 Å². The summed E-state index contributed by atoms with van der Waals surface area (Å²) in [5, 5.41) is 4.53. The number of benzene rings is 1. The van der Waals surface area contributed by atoms with Crippen LogP contribution in [0.4, 0.5) is 10.9 Å². The molecule has 5 nitrogen and oxygen atoms in total. The van der Waals surface area contributed by atoms with E-state index >= 15 is 0 Å². The third kappa shape index (κ3) is 4.14. The van der Waals surface area contributed by atoms with Crippen LogP contribution < -0.4 is 10.2 Å². The van der Waals surface area contributed by atoms with Gasteiger partial charge in [0.15, 0.2) is 5.13 Å². The van der Waals surface area contributed by atoms with Crippen molar-refractivity contribution in [3.63, 3.8) is 0 Å². The molecular formula is C20H18Cl2N4OS. The lowest BCUT2D eigenvalue weighted by atomic mass is 10.1. The van der Waals surface area contributed by atoms with E-state index in [9.17, 15) is 4.79 Å². The first-order valence-corrected chi connectivity index (χ1v) is 10.6. The van der Waals surface area contributed by atoms with Crippen LogP contribution in [0.2, 0.25) is 10.0 Å². The Labute approximate surface area is 177 Å². The first-order valence-electron chi connectivity index (χ1n) is 9.01. The number of amides is 1. The van der Waals surface area contributed by atoms with Crippen molar-refractivity contribution in [1.82, 2.24) is 9.97 Å². The number of rotatable bonds is 5. The van der Waals surface area contributed by atoms with E-state index in [1.807, 2.05) is 12.1 Å². The van der Waals surface area contributed by atoms with Crippen molar-refractivity contribution in [2.45, 2.75) is 19.3 Å². The van der Waals surface area contributed by atoms with Crippen LogP contribution >= 0.6 is 34.5 Å². The zero-order valence-corrected chi connectivity index (χ0v) is 17.3. The van der Waals surface area contributed by atoms with Gasteiger partial charge in [-0.1, -0.05) is 35.3 Å². The molecule has 3 heterocycles. The van der Waals surface area contributed by atoms with Gasteiger partial charge in [0.25, 0.3) is 5.91 Å². The van der Waals surface area contributed by atoms with Crippen molar-refractivity contribution in [1.29, 1.82) is 0 Å². The molecular weight excluding hydrogens is 415 g/mol. The highest BCUT2D eigenvalue weighted by molar-refractivity contribution is 7.15. The summed E-state index contributed by atoms with van der Waals surface area (Å²) in [7, 11) is 0. The lowest BCUT2D eigenvalue weighted by Gasteiger charge is -2.19. The smallest absolute Gasteiger partial charge is 0.261 e. The van der Waals surface area contributed by atoms with Crippen molar-refractivity contribution in [2.24, 2.45) is 0 Å². The molecule has 0 aliphatic carbocycles. The summed E-state index contributed by atoms with van der Waals surface area (Å²) in [5.74, 6) is 0.539. The first kappa shape index (κ1) is 19.2. The largest absolute Gasteiger partial charge is 0.356 e. The summed E-state index contributed by atoms with van der Waals surface area (Å²) in [6.07, 6.45) is 6.33. The number of aromatic nitrogens is 2. The number of hydrogen-bond donors (Lipinski definition) is 1. The second-order valence-corrected chi connectivity index (χ2v) is 8.44. The molecule has 0 saturated carbocycles. The minimum atomic E-state index is -0.198. The third-order valence-corrected chi connectivity index (χ3v) is 6.38. The minimum absolute atomic E-state index is 0.198. The maximum Gasteiger partial charge on any atom is 0.261 e. The molecule has 0 radical (unpaired) electrons. The summed E-state index contributed by atoms with van der Waals surface area (Å²) in [6, 6.07) is 9.15. The van der Waals surface area contributed by atoms with Crippen LogP contribution in [0, 0.1) is 0 Å². The Kier molecular flexibility index (Phi) is 5.80. The van der Waals surface area contributed by atoms with Crippen LogP contribution in [0.5, 0.6) is 0 Å². The molecule has 0 atom stereocenters. The van der Waals surface area contributed by atoms with Gasteiger partial charge in [0.05, 0.1) is 15.6 Å². The summed E-state index contributed by atoms with van der Waals surface area (Å²) < 4.78 is 0. The van der Waals surface area contributed by atoms with E-state index in [-0.39, 0.29) is 5.91 Å². The van der Waals surface area contributed by atoms with Gasteiger partial charge in [0.2, 0.25) is 0 Å². The second kappa shape index (κ2) is 8.47. The molecule has 3 aromatic rings. The van der Waals surface area contributed by atoms with Gasteiger partial charge < -0.3 is 4.90 Å². The number of halogens is 2. The Morgan fingerprint density at radius 1 is 1.14 bits per heavy atom. The van der Waals surface area contributed by atoms with Crippen LogP contribution in [-0.2, 0) is 6.42 Å². The average Bonchev–Trinajstić information content (AvgIpc) is 3.38. The van der Waals surface area contributed by atoms with Gasteiger partial charge in [-0.3, -0.25) is 10.1 Å². The lowest BCUT2D eigenvalue weighted by Crippen LogP contribution is -2.24. The Morgan fingerprint density at radius 2 is 1.96 bits per heavy atom. The van der Waals surface area contributed by atoms with Crippen LogP contribution in [0.15, 0.2) is 42.7 Å². The van der Waals surface area contributed by atoms with Gasteiger partial charge in [-0.2, -0.15) is 0 Å². The lowest BCUT2D eigenvalue weighted by molar-refractivity contribution is 0.102. The van der Waals surface area contributed by atoms with Crippen LogP contribution in [-0.4, -0.2) is 29.0 Å². The molecule has 8 heteroatoms. The number of hydrogen-bond acceptors (Lipinski definition) is 5. The number of anilines is 2. The quantitative estimate of drug-likeness (QED) is 0.594. The molecule has 28 heavy (non-hydrogen) atoms. The van der Waals surface area contributed by atoms with Gasteiger partial charge >= 0.3 is 0 Å². The molecule has 1 aromatic carbocycles. The van der Waals surface area contributed by atoms with Crippen LogP contribution in [0.1, 0.15) is 33.6 Å². The Bertz CT molecular complexity index is 1000. The number of pyridine rings is 1. The van der Waals surface area contributed by atoms with Crippen molar-refractivity contribution < 1.29 is 4.79 Å². The fraction of sp³-hybridized carbons (Fsp3) is 0.250. The van der Waals surface area contributed by atoms with E-state index in [4.69, 9.17) is 23.2 Å². The van der Waals surface area contributed by atoms with Gasteiger partial charge in [-0.25, -0.2) is 9.97 Å². The van der Waals surface area contributed by atoms with Crippen molar-refractivity contribution in [2.75, 3.05) is 23.3 Å². The third-order valence-electron chi connectivity index (χ3n) is 4.61. The van der Waals surface area contributed by atoms with Crippen molar-refractivity contribution >= 4 is 51.4 Å². The maximum atomic E-state index is 12.8. The standard InChI is InChI=1S/C20H18Cl2N4OS/c21-16-7-3-5-13(17(16)22)11-14-12-24-20(28-14)25-19(27)15-6-4-8-23-18(15)26-9-1-2-10-26/h3-8,12H,1-2,9-11H2,(H,24,25,27). The highest BCUT2D eigenvalue weighted by atomic mass is 35.5. The molecule has 1 aliphatic rings. The van der Waals surface area contributed by atoms with Gasteiger partial charge in [0, 0.05) is 36.8 Å². The van der Waals surface area contributed by atoms with E-state index in [0.29, 0.717) is 27.2 Å². The molecule has 2 aromatic heterocycles. The number of carbonyl (C=O) groups excluding carboxylic acids is 1. The molecule has 1 saturated heterocycles. The van der Waals surface area contributed by atoms with Crippen LogP contribution in [0.3, 0.4) is 0 Å². The van der Waals surface area contributed by atoms with Gasteiger partial charge in [-0.05, 0) is 36.6 Å². The zero-order valence-electron chi connectivity index (χ0n) is 15.0. The van der Waals surface area contributed by atoms with Crippen molar-refractivity contribution in [3.05, 3.63) is 68.8 Å². The van der Waals surface area contributed by atoms with Gasteiger partial charge in [-0.15, -0.1) is 11.3 Å². The highest BCUT2D eigenvalue weighted by Gasteiger charge is 2.21. The number of carbonyl (C=O) groups is 1. The van der Waals surface area contributed by atoms with E-state index in [1.54, 1.807) is 30.6 Å². The highest BCUT2D eigenvalue weighted by Crippen LogP contribution is 2.30. The van der Waals surface area contributed by atoms with E-state index in [2.05, 4.69) is 20.2 Å². The maximum absolute atomic E-state index is 12.8. The second-order valence-electron chi connectivity index (χ2n) is 6.54. The SMILES string of the molecule is O=C(Nc1ncc(Cc2cccc(Cl)c2Cl)s1)c1cccnc1N1CCCC1. The summed E-state index contributed by atoms with van der Waals surface area (Å²) >= 11 is 13.8.